The van der Waals surface area contributed by atoms with Crippen molar-refractivity contribution in [3.8, 4) is 27.7 Å². The Labute approximate surface area is 190 Å². The first-order valence-electron chi connectivity index (χ1n) is 10.6. The van der Waals surface area contributed by atoms with E-state index in [1.54, 1.807) is 28.1 Å². The number of carbonyl (C=O) groups excluding carboxylic acids is 1. The molecule has 0 aliphatic rings. The van der Waals surface area contributed by atoms with E-state index in [-0.39, 0.29) is 17.8 Å². The number of likely N-dealkylation sites (N-methyl/N-ethyl adjacent to an activating group) is 1. The van der Waals surface area contributed by atoms with Crippen LogP contribution in [0.1, 0.15) is 31.1 Å². The minimum Gasteiger partial charge on any atom is -0.493 e. The van der Waals surface area contributed by atoms with Crippen LogP contribution in [-0.4, -0.2) is 61.2 Å². The molecule has 1 atom stereocenters. The van der Waals surface area contributed by atoms with E-state index in [9.17, 15) is 9.90 Å². The van der Waals surface area contributed by atoms with Gasteiger partial charge in [0.15, 0.2) is 5.65 Å². The smallest absolute Gasteiger partial charge is 0.251 e. The van der Waals surface area contributed by atoms with Gasteiger partial charge in [0.2, 0.25) is 5.88 Å². The lowest BCUT2D eigenvalue weighted by Gasteiger charge is -2.26. The molecule has 0 fully saturated rings. The van der Waals surface area contributed by atoms with E-state index in [0.717, 1.165) is 23.7 Å². The van der Waals surface area contributed by atoms with Crippen molar-refractivity contribution < 1.29 is 9.90 Å². The molecule has 32 heavy (non-hydrogen) atoms. The van der Waals surface area contributed by atoms with Crippen molar-refractivity contribution in [1.29, 1.82) is 0 Å². The number of nitrogens with zero attached hydrogens (tertiary/aromatic N) is 5. The molecule has 9 heteroatoms. The molecule has 166 valence electrons. The van der Waals surface area contributed by atoms with Gasteiger partial charge in [-0.1, -0.05) is 19.9 Å². The Balaban J connectivity index is 1.62. The highest BCUT2D eigenvalue weighted by molar-refractivity contribution is 7.13. The van der Waals surface area contributed by atoms with Crippen LogP contribution in [0.25, 0.3) is 27.5 Å². The third kappa shape index (κ3) is 4.49. The zero-order valence-corrected chi connectivity index (χ0v) is 19.1. The molecule has 2 N–H and O–H groups in total. The molecule has 8 nitrogen and oxygen atoms in total. The minimum atomic E-state index is -0.258. The summed E-state index contributed by atoms with van der Waals surface area (Å²) in [6, 6.07) is 9.13. The number of hydrogen-bond donors (Lipinski definition) is 2. The van der Waals surface area contributed by atoms with Gasteiger partial charge in [0.25, 0.3) is 5.91 Å². The maximum absolute atomic E-state index is 12.8. The number of carbonyl (C=O) groups is 1. The number of thiophene rings is 1. The van der Waals surface area contributed by atoms with Gasteiger partial charge in [0.1, 0.15) is 0 Å². The summed E-state index contributed by atoms with van der Waals surface area (Å²) in [6.07, 6.45) is 3.48. The summed E-state index contributed by atoms with van der Waals surface area (Å²) < 4.78 is 1.66. The van der Waals surface area contributed by atoms with Gasteiger partial charge in [0, 0.05) is 30.4 Å². The van der Waals surface area contributed by atoms with Gasteiger partial charge in [-0.25, -0.2) is 14.5 Å². The van der Waals surface area contributed by atoms with Crippen LogP contribution < -0.4 is 5.32 Å². The van der Waals surface area contributed by atoms with Crippen molar-refractivity contribution in [2.24, 2.45) is 0 Å². The highest BCUT2D eigenvalue weighted by Gasteiger charge is 2.17. The number of hydrogen-bond acceptors (Lipinski definition) is 7. The van der Waals surface area contributed by atoms with Gasteiger partial charge in [-0.05, 0) is 43.6 Å². The molecule has 1 unspecified atom stereocenters. The standard InChI is InChI=1S/C23H26N6O2S/c1-4-28(5-2)15(3)13-24-23(31)16-11-19(26-21(30)12-16)17-14-25-29-9-8-18(27-22(17)29)20-7-6-10-32-20/h6-12,14-15H,4-5,13H2,1-3H3,(H,24,31)(H,26,30). The Hall–Kier alpha value is -3.30. The van der Waals surface area contributed by atoms with Crippen LogP contribution in [0.15, 0.2) is 48.1 Å². The molecule has 0 spiro atoms. The van der Waals surface area contributed by atoms with Crippen LogP contribution in [-0.2, 0) is 0 Å². The Morgan fingerprint density at radius 2 is 2.03 bits per heavy atom. The lowest BCUT2D eigenvalue weighted by atomic mass is 10.1. The molecule has 0 radical (unpaired) electrons. The van der Waals surface area contributed by atoms with Crippen LogP contribution in [0.5, 0.6) is 5.88 Å². The average molecular weight is 451 g/mol. The molecule has 4 rings (SSSR count). The van der Waals surface area contributed by atoms with E-state index in [2.05, 4.69) is 41.1 Å². The van der Waals surface area contributed by atoms with Crippen molar-refractivity contribution in [3.05, 3.63) is 53.7 Å². The van der Waals surface area contributed by atoms with E-state index in [1.807, 2.05) is 29.8 Å². The van der Waals surface area contributed by atoms with Gasteiger partial charge in [-0.15, -0.1) is 11.3 Å². The Morgan fingerprint density at radius 3 is 2.75 bits per heavy atom. The van der Waals surface area contributed by atoms with E-state index < -0.39 is 0 Å². The summed E-state index contributed by atoms with van der Waals surface area (Å²) in [5.74, 6) is -0.482. The molecule has 1 amide bonds. The van der Waals surface area contributed by atoms with E-state index in [4.69, 9.17) is 4.98 Å². The zero-order chi connectivity index (χ0) is 22.7. The molecular weight excluding hydrogens is 424 g/mol. The first kappa shape index (κ1) is 21.9. The molecular formula is C23H26N6O2S. The van der Waals surface area contributed by atoms with Crippen LogP contribution >= 0.6 is 11.3 Å². The molecule has 0 saturated heterocycles. The fourth-order valence-electron chi connectivity index (χ4n) is 3.71. The molecule has 4 aromatic rings. The Morgan fingerprint density at radius 1 is 1.22 bits per heavy atom. The number of aromatic nitrogens is 4. The molecule has 4 heterocycles. The second-order valence-corrected chi connectivity index (χ2v) is 8.44. The first-order valence-corrected chi connectivity index (χ1v) is 11.5. The van der Waals surface area contributed by atoms with Crippen LogP contribution in [0.4, 0.5) is 0 Å². The first-order chi connectivity index (χ1) is 15.5. The number of fused-ring (bicyclic) bond motifs is 1. The molecule has 0 saturated carbocycles. The highest BCUT2D eigenvalue weighted by atomic mass is 32.1. The van der Waals surface area contributed by atoms with E-state index >= 15 is 0 Å². The molecule has 0 bridgehead atoms. The van der Waals surface area contributed by atoms with Crippen molar-refractivity contribution in [2.45, 2.75) is 26.8 Å². The summed E-state index contributed by atoms with van der Waals surface area (Å²) in [5, 5.41) is 19.5. The van der Waals surface area contributed by atoms with Gasteiger partial charge >= 0.3 is 0 Å². The second kappa shape index (κ2) is 9.46. The highest BCUT2D eigenvalue weighted by Crippen LogP contribution is 2.28. The maximum Gasteiger partial charge on any atom is 0.251 e. The van der Waals surface area contributed by atoms with Crippen LogP contribution in [0, 0.1) is 0 Å². The van der Waals surface area contributed by atoms with Crippen LogP contribution in [0.3, 0.4) is 0 Å². The topological polar surface area (TPSA) is 95.7 Å². The second-order valence-electron chi connectivity index (χ2n) is 7.50. The van der Waals surface area contributed by atoms with E-state index in [1.165, 1.54) is 6.07 Å². The lowest BCUT2D eigenvalue weighted by Crippen LogP contribution is -2.42. The fourth-order valence-corrected chi connectivity index (χ4v) is 4.41. The van der Waals surface area contributed by atoms with Crippen molar-refractivity contribution >= 4 is 22.9 Å². The normalized spacial score (nSPS) is 12.4. The largest absolute Gasteiger partial charge is 0.493 e. The third-order valence-corrected chi connectivity index (χ3v) is 6.38. The number of aromatic hydroxyl groups is 1. The van der Waals surface area contributed by atoms with Gasteiger partial charge < -0.3 is 10.4 Å². The maximum atomic E-state index is 12.8. The molecule has 4 aromatic heterocycles. The van der Waals surface area contributed by atoms with Crippen LogP contribution in [0.2, 0.25) is 0 Å². The summed E-state index contributed by atoms with van der Waals surface area (Å²) in [5.41, 5.74) is 2.86. The monoisotopic (exact) mass is 450 g/mol. The van der Waals surface area contributed by atoms with E-state index in [0.29, 0.717) is 29.0 Å². The summed E-state index contributed by atoms with van der Waals surface area (Å²) in [4.78, 5) is 25.1. The zero-order valence-electron chi connectivity index (χ0n) is 18.3. The van der Waals surface area contributed by atoms with Gasteiger partial charge in [-0.2, -0.15) is 5.10 Å². The number of pyridine rings is 1. The lowest BCUT2D eigenvalue weighted by molar-refractivity contribution is 0.0937. The van der Waals surface area contributed by atoms with Gasteiger partial charge in [-0.3, -0.25) is 9.69 Å². The fraction of sp³-hybridized carbons (Fsp3) is 0.304. The van der Waals surface area contributed by atoms with Crippen molar-refractivity contribution in [1.82, 2.24) is 29.8 Å². The average Bonchev–Trinajstić information content (AvgIpc) is 3.47. The number of nitrogens with one attached hydrogen (secondary N) is 1. The SMILES string of the molecule is CCN(CC)C(C)CNC(=O)c1cc(O)nc(-c2cnn3ccc(-c4cccs4)nc23)c1. The number of amides is 1. The number of rotatable bonds is 8. The summed E-state index contributed by atoms with van der Waals surface area (Å²) in [7, 11) is 0. The quantitative estimate of drug-likeness (QED) is 0.425. The summed E-state index contributed by atoms with van der Waals surface area (Å²) >= 11 is 1.61. The Bertz CT molecular complexity index is 1220. The molecule has 0 aliphatic heterocycles. The predicted octanol–water partition coefficient (Wildman–Crippen LogP) is 3.69. The summed E-state index contributed by atoms with van der Waals surface area (Å²) in [6.45, 7) is 8.64. The third-order valence-electron chi connectivity index (χ3n) is 5.49. The van der Waals surface area contributed by atoms with Crippen molar-refractivity contribution in [3.63, 3.8) is 0 Å². The van der Waals surface area contributed by atoms with Gasteiger partial charge in [0.05, 0.1) is 28.0 Å². The molecule has 0 aliphatic carbocycles. The molecule has 0 aromatic carbocycles. The Kier molecular flexibility index (Phi) is 6.48. The van der Waals surface area contributed by atoms with Crippen molar-refractivity contribution in [2.75, 3.05) is 19.6 Å². The predicted molar refractivity (Wildman–Crippen MR) is 126 cm³/mol. The minimum absolute atomic E-state index is 0.211.